The molecule has 3 amide bonds. The fourth-order valence-electron chi connectivity index (χ4n) is 2.47. The van der Waals surface area contributed by atoms with Crippen molar-refractivity contribution in [1.82, 2.24) is 10.2 Å². The normalized spacial score (nSPS) is 13.0. The van der Waals surface area contributed by atoms with Gasteiger partial charge in [-0.2, -0.15) is 5.10 Å². The first-order chi connectivity index (χ1) is 10.1. The fourth-order valence-corrected chi connectivity index (χ4v) is 2.47. The second-order valence-electron chi connectivity index (χ2n) is 4.89. The van der Waals surface area contributed by atoms with E-state index in [1.54, 1.807) is 24.4 Å². The molecule has 0 saturated carbocycles. The van der Waals surface area contributed by atoms with Gasteiger partial charge in [0, 0.05) is 29.8 Å². The number of primary amides is 1. The van der Waals surface area contributed by atoms with Crippen molar-refractivity contribution < 1.29 is 9.59 Å². The Morgan fingerprint density at radius 3 is 2.95 bits per heavy atom. The molecule has 1 aromatic carbocycles. The lowest BCUT2D eigenvalue weighted by atomic mass is 10.1. The second kappa shape index (κ2) is 5.28. The van der Waals surface area contributed by atoms with Gasteiger partial charge in [0.1, 0.15) is 0 Å². The van der Waals surface area contributed by atoms with E-state index in [-0.39, 0.29) is 12.3 Å². The number of nitrogens with zero attached hydrogens (tertiary/aromatic N) is 2. The number of aromatic amines is 1. The molecule has 0 fully saturated rings. The van der Waals surface area contributed by atoms with Crippen molar-refractivity contribution in [2.24, 2.45) is 5.73 Å². The quantitative estimate of drug-likeness (QED) is 0.784. The molecule has 7 heteroatoms. The third kappa shape index (κ3) is 2.71. The predicted octanol–water partition coefficient (Wildman–Crippen LogP) is 1.03. The number of nitrogens with two attached hydrogens (primary N) is 1. The fraction of sp³-hybridized carbons (Fsp3) is 0.214. The Morgan fingerprint density at radius 1 is 1.38 bits per heavy atom. The number of aromatic nitrogens is 2. The van der Waals surface area contributed by atoms with Gasteiger partial charge < -0.3 is 11.1 Å². The van der Waals surface area contributed by atoms with Gasteiger partial charge >= 0.3 is 6.03 Å². The first kappa shape index (κ1) is 13.2. The number of anilines is 2. The van der Waals surface area contributed by atoms with Crippen LogP contribution in [0.15, 0.2) is 30.5 Å². The molecule has 108 valence electrons. The number of nitrogens with one attached hydrogen (secondary N) is 2. The van der Waals surface area contributed by atoms with Gasteiger partial charge in [-0.15, -0.1) is 0 Å². The molecular weight excluding hydrogens is 270 g/mol. The molecule has 1 aliphatic heterocycles. The number of amides is 3. The maximum absolute atomic E-state index is 11.9. The van der Waals surface area contributed by atoms with Gasteiger partial charge in [0.05, 0.1) is 6.42 Å². The molecule has 7 nitrogen and oxygen atoms in total. The number of benzene rings is 1. The standard InChI is InChI=1S/C14H15N5O2/c15-14(21)19-6-4-9-7-10(1-2-12(9)19)17-13(20)8-11-3-5-16-18-11/h1-3,5,7H,4,6,8H2,(H2,15,21)(H,16,18)(H,17,20). The maximum atomic E-state index is 11.9. The van der Waals surface area contributed by atoms with Crippen LogP contribution in [0.2, 0.25) is 0 Å². The van der Waals surface area contributed by atoms with Gasteiger partial charge in [-0.3, -0.25) is 14.8 Å². The van der Waals surface area contributed by atoms with Crippen molar-refractivity contribution >= 4 is 23.3 Å². The summed E-state index contributed by atoms with van der Waals surface area (Å²) in [6.07, 6.45) is 2.59. The Labute approximate surface area is 121 Å². The van der Waals surface area contributed by atoms with E-state index in [0.29, 0.717) is 12.2 Å². The van der Waals surface area contributed by atoms with Crippen molar-refractivity contribution in [3.05, 3.63) is 41.7 Å². The summed E-state index contributed by atoms with van der Waals surface area (Å²) >= 11 is 0. The first-order valence-corrected chi connectivity index (χ1v) is 6.61. The third-order valence-corrected chi connectivity index (χ3v) is 3.43. The van der Waals surface area contributed by atoms with Crippen molar-refractivity contribution in [2.45, 2.75) is 12.8 Å². The number of hydrogen-bond donors (Lipinski definition) is 3. The SMILES string of the molecule is NC(=O)N1CCc2cc(NC(=O)Cc3ccn[nH]3)ccc21. The predicted molar refractivity (Wildman–Crippen MR) is 78.0 cm³/mol. The molecule has 0 spiro atoms. The Hall–Kier alpha value is -2.83. The summed E-state index contributed by atoms with van der Waals surface area (Å²) in [5.41, 5.74) is 8.61. The van der Waals surface area contributed by atoms with Crippen LogP contribution in [0, 0.1) is 0 Å². The first-order valence-electron chi connectivity index (χ1n) is 6.61. The van der Waals surface area contributed by atoms with E-state index in [0.717, 1.165) is 23.4 Å². The highest BCUT2D eigenvalue weighted by atomic mass is 16.2. The van der Waals surface area contributed by atoms with Crippen LogP contribution in [0.4, 0.5) is 16.2 Å². The third-order valence-electron chi connectivity index (χ3n) is 3.43. The zero-order valence-electron chi connectivity index (χ0n) is 11.3. The maximum Gasteiger partial charge on any atom is 0.319 e. The molecule has 21 heavy (non-hydrogen) atoms. The van der Waals surface area contributed by atoms with Crippen molar-refractivity contribution in [2.75, 3.05) is 16.8 Å². The largest absolute Gasteiger partial charge is 0.351 e. The summed E-state index contributed by atoms with van der Waals surface area (Å²) < 4.78 is 0. The minimum Gasteiger partial charge on any atom is -0.351 e. The zero-order valence-corrected chi connectivity index (χ0v) is 11.3. The van der Waals surface area contributed by atoms with Crippen LogP contribution < -0.4 is 16.0 Å². The summed E-state index contributed by atoms with van der Waals surface area (Å²) in [5, 5.41) is 9.38. The molecule has 2 aromatic rings. The second-order valence-corrected chi connectivity index (χ2v) is 4.89. The van der Waals surface area contributed by atoms with Gasteiger partial charge in [-0.25, -0.2) is 4.79 Å². The van der Waals surface area contributed by atoms with Gasteiger partial charge in [0.25, 0.3) is 0 Å². The van der Waals surface area contributed by atoms with Crippen LogP contribution in [-0.2, 0) is 17.6 Å². The number of urea groups is 1. The molecule has 0 bridgehead atoms. The molecule has 3 rings (SSSR count). The van der Waals surface area contributed by atoms with E-state index in [4.69, 9.17) is 5.73 Å². The molecule has 1 aliphatic rings. The van der Waals surface area contributed by atoms with Gasteiger partial charge in [0.15, 0.2) is 0 Å². The summed E-state index contributed by atoms with van der Waals surface area (Å²) in [7, 11) is 0. The van der Waals surface area contributed by atoms with E-state index in [9.17, 15) is 9.59 Å². The Kier molecular flexibility index (Phi) is 3.31. The minimum atomic E-state index is -0.454. The van der Waals surface area contributed by atoms with Crippen LogP contribution in [0.3, 0.4) is 0 Å². The van der Waals surface area contributed by atoms with E-state index in [1.165, 1.54) is 4.90 Å². The number of hydrogen-bond acceptors (Lipinski definition) is 3. The lowest BCUT2D eigenvalue weighted by Gasteiger charge is -2.14. The molecule has 1 aromatic heterocycles. The summed E-state index contributed by atoms with van der Waals surface area (Å²) in [5.74, 6) is -0.121. The monoisotopic (exact) mass is 285 g/mol. The molecule has 0 radical (unpaired) electrons. The molecule has 4 N–H and O–H groups in total. The smallest absolute Gasteiger partial charge is 0.319 e. The lowest BCUT2D eigenvalue weighted by Crippen LogP contribution is -2.33. The number of carbonyl (C=O) groups is 2. The molecule has 0 saturated heterocycles. The lowest BCUT2D eigenvalue weighted by molar-refractivity contribution is -0.115. The average Bonchev–Trinajstić information content (AvgIpc) is 3.06. The average molecular weight is 285 g/mol. The molecule has 0 aliphatic carbocycles. The summed E-state index contributed by atoms with van der Waals surface area (Å²) in [4.78, 5) is 24.7. The van der Waals surface area contributed by atoms with E-state index in [1.807, 2.05) is 6.07 Å². The summed E-state index contributed by atoms with van der Waals surface area (Å²) in [6.45, 7) is 0.580. The summed E-state index contributed by atoms with van der Waals surface area (Å²) in [6, 6.07) is 6.75. The van der Waals surface area contributed by atoms with Crippen LogP contribution in [0.25, 0.3) is 0 Å². The Bertz CT molecular complexity index is 681. The van der Waals surface area contributed by atoms with Crippen molar-refractivity contribution in [3.8, 4) is 0 Å². The van der Waals surface area contributed by atoms with Crippen LogP contribution in [0.5, 0.6) is 0 Å². The van der Waals surface area contributed by atoms with Crippen molar-refractivity contribution in [1.29, 1.82) is 0 Å². The molecule has 2 heterocycles. The van der Waals surface area contributed by atoms with E-state index >= 15 is 0 Å². The Morgan fingerprint density at radius 2 is 2.24 bits per heavy atom. The Balaban J connectivity index is 1.70. The number of fused-ring (bicyclic) bond motifs is 1. The van der Waals surface area contributed by atoms with Crippen LogP contribution >= 0.6 is 0 Å². The number of carbonyl (C=O) groups excluding carboxylic acids is 2. The highest BCUT2D eigenvalue weighted by molar-refractivity contribution is 5.95. The molecule has 0 atom stereocenters. The zero-order chi connectivity index (χ0) is 14.8. The topological polar surface area (TPSA) is 104 Å². The molecule has 0 unspecified atom stereocenters. The van der Waals surface area contributed by atoms with Gasteiger partial charge in [0.2, 0.25) is 5.91 Å². The number of rotatable bonds is 3. The number of H-pyrrole nitrogens is 1. The minimum absolute atomic E-state index is 0.121. The van der Waals surface area contributed by atoms with Crippen LogP contribution in [0.1, 0.15) is 11.3 Å². The highest BCUT2D eigenvalue weighted by Crippen LogP contribution is 2.30. The van der Waals surface area contributed by atoms with Gasteiger partial charge in [-0.05, 0) is 36.2 Å². The van der Waals surface area contributed by atoms with E-state index < -0.39 is 6.03 Å². The van der Waals surface area contributed by atoms with E-state index in [2.05, 4.69) is 15.5 Å². The van der Waals surface area contributed by atoms with Crippen molar-refractivity contribution in [3.63, 3.8) is 0 Å². The van der Waals surface area contributed by atoms with Gasteiger partial charge in [-0.1, -0.05) is 0 Å². The highest BCUT2D eigenvalue weighted by Gasteiger charge is 2.23. The van der Waals surface area contributed by atoms with Crippen LogP contribution in [-0.4, -0.2) is 28.7 Å². The molecular formula is C14H15N5O2.